The Kier molecular flexibility index (Phi) is 6.22. The van der Waals surface area contributed by atoms with Crippen molar-refractivity contribution >= 4 is 16.9 Å². The minimum atomic E-state index is -0.926. The van der Waals surface area contributed by atoms with Gasteiger partial charge in [0.05, 0.1) is 16.8 Å². The molecule has 0 unspecified atom stereocenters. The van der Waals surface area contributed by atoms with Gasteiger partial charge in [-0.2, -0.15) is 0 Å². The molecule has 4 nitrogen and oxygen atoms in total. The number of carbonyl (C=O) groups is 1. The van der Waals surface area contributed by atoms with E-state index in [-0.39, 0.29) is 0 Å². The number of ether oxygens (including phenoxy) is 1. The molecule has 0 saturated heterocycles. The first-order chi connectivity index (χ1) is 15.6. The van der Waals surface area contributed by atoms with E-state index in [0.717, 1.165) is 40.6 Å². The van der Waals surface area contributed by atoms with Crippen molar-refractivity contribution in [3.63, 3.8) is 0 Å². The third kappa shape index (κ3) is 4.09. The van der Waals surface area contributed by atoms with Crippen molar-refractivity contribution in [3.05, 3.63) is 107 Å². The number of benzene rings is 3. The van der Waals surface area contributed by atoms with Gasteiger partial charge in [0.25, 0.3) is 0 Å². The van der Waals surface area contributed by atoms with E-state index in [1.807, 2.05) is 60.7 Å². The van der Waals surface area contributed by atoms with Crippen molar-refractivity contribution < 1.29 is 14.6 Å². The third-order valence-corrected chi connectivity index (χ3v) is 6.31. The van der Waals surface area contributed by atoms with Gasteiger partial charge >= 0.3 is 5.97 Å². The van der Waals surface area contributed by atoms with Crippen molar-refractivity contribution in [2.75, 3.05) is 0 Å². The van der Waals surface area contributed by atoms with Crippen LogP contribution >= 0.6 is 0 Å². The summed E-state index contributed by atoms with van der Waals surface area (Å²) < 4.78 is 6.08. The number of fused-ring (bicyclic) bond motifs is 1. The van der Waals surface area contributed by atoms with Crippen LogP contribution in [0.1, 0.15) is 53.9 Å². The molecule has 0 bridgehead atoms. The highest BCUT2D eigenvalue weighted by Gasteiger charge is 2.34. The van der Waals surface area contributed by atoms with Crippen molar-refractivity contribution in [2.24, 2.45) is 0 Å². The van der Waals surface area contributed by atoms with Gasteiger partial charge in [-0.25, -0.2) is 9.78 Å². The van der Waals surface area contributed by atoms with E-state index in [4.69, 9.17) is 4.74 Å². The largest absolute Gasteiger partial charge is 0.487 e. The van der Waals surface area contributed by atoms with Crippen LogP contribution in [-0.2, 0) is 12.0 Å². The van der Waals surface area contributed by atoms with Crippen LogP contribution in [0.4, 0.5) is 0 Å². The zero-order valence-electron chi connectivity index (χ0n) is 18.4. The lowest BCUT2D eigenvalue weighted by Crippen LogP contribution is -2.28. The normalized spacial score (nSPS) is 11.4. The average Bonchev–Trinajstić information content (AvgIpc) is 2.84. The van der Waals surface area contributed by atoms with Gasteiger partial charge in [0.1, 0.15) is 12.4 Å². The molecule has 162 valence electrons. The summed E-state index contributed by atoms with van der Waals surface area (Å²) >= 11 is 0. The SMILES string of the molecule is CCC(CC)(c1ccccc1)c1cc(OCc2ccc3ccccc3n2)ccc1C(=O)O. The Morgan fingerprint density at radius 2 is 1.62 bits per heavy atom. The van der Waals surface area contributed by atoms with Crippen LogP contribution in [0.15, 0.2) is 84.9 Å². The molecule has 0 atom stereocenters. The standard InChI is InChI=1S/C28H27NO3/c1-3-28(4-2,21-11-6-5-7-12-21)25-18-23(16-17-24(25)27(30)31)32-19-22-15-14-20-10-8-9-13-26(20)29-22/h5-18H,3-4,19H2,1-2H3,(H,30,31). The van der Waals surface area contributed by atoms with E-state index in [0.29, 0.717) is 17.9 Å². The summed E-state index contributed by atoms with van der Waals surface area (Å²) in [6.45, 7) is 4.52. The van der Waals surface area contributed by atoms with Gasteiger partial charge in [0.2, 0.25) is 0 Å². The zero-order chi connectivity index (χ0) is 22.6. The van der Waals surface area contributed by atoms with E-state index in [2.05, 4.69) is 31.0 Å². The summed E-state index contributed by atoms with van der Waals surface area (Å²) in [6.07, 6.45) is 1.56. The lowest BCUT2D eigenvalue weighted by molar-refractivity contribution is 0.0694. The topological polar surface area (TPSA) is 59.4 Å². The number of aromatic carboxylic acids is 1. The van der Waals surface area contributed by atoms with Crippen LogP contribution in [0, 0.1) is 0 Å². The van der Waals surface area contributed by atoms with E-state index in [1.54, 1.807) is 12.1 Å². The van der Waals surface area contributed by atoms with Gasteiger partial charge in [-0.3, -0.25) is 0 Å². The lowest BCUT2D eigenvalue weighted by Gasteiger charge is -2.34. The molecule has 0 spiro atoms. The third-order valence-electron chi connectivity index (χ3n) is 6.31. The Hall–Kier alpha value is -3.66. The summed E-state index contributed by atoms with van der Waals surface area (Å²) in [4.78, 5) is 16.8. The molecular formula is C28H27NO3. The Morgan fingerprint density at radius 1 is 0.906 bits per heavy atom. The maximum absolute atomic E-state index is 12.1. The molecule has 0 saturated carbocycles. The second-order valence-corrected chi connectivity index (χ2v) is 7.95. The fourth-order valence-electron chi connectivity index (χ4n) is 4.49. The summed E-state index contributed by atoms with van der Waals surface area (Å²) in [6, 6.07) is 27.4. The average molecular weight is 426 g/mol. The number of hydrogen-bond acceptors (Lipinski definition) is 3. The molecule has 0 fully saturated rings. The molecule has 0 aliphatic carbocycles. The molecule has 4 rings (SSSR count). The zero-order valence-corrected chi connectivity index (χ0v) is 18.4. The van der Waals surface area contributed by atoms with E-state index < -0.39 is 11.4 Å². The van der Waals surface area contributed by atoms with Crippen LogP contribution < -0.4 is 4.74 Å². The molecular weight excluding hydrogens is 398 g/mol. The fourth-order valence-corrected chi connectivity index (χ4v) is 4.49. The van der Waals surface area contributed by atoms with Crippen molar-refractivity contribution in [1.29, 1.82) is 0 Å². The Morgan fingerprint density at radius 3 is 2.34 bits per heavy atom. The van der Waals surface area contributed by atoms with Crippen molar-refractivity contribution in [2.45, 2.75) is 38.7 Å². The van der Waals surface area contributed by atoms with E-state index >= 15 is 0 Å². The molecule has 4 aromatic rings. The molecule has 1 aromatic heterocycles. The number of aromatic nitrogens is 1. The molecule has 1 N–H and O–H groups in total. The number of carboxylic acids is 1. The van der Waals surface area contributed by atoms with Crippen LogP contribution in [0.25, 0.3) is 10.9 Å². The van der Waals surface area contributed by atoms with Crippen LogP contribution in [0.3, 0.4) is 0 Å². The van der Waals surface area contributed by atoms with Gasteiger partial charge in [-0.1, -0.05) is 68.4 Å². The molecule has 32 heavy (non-hydrogen) atoms. The highest BCUT2D eigenvalue weighted by atomic mass is 16.5. The quantitative estimate of drug-likeness (QED) is 0.345. The van der Waals surface area contributed by atoms with E-state index in [1.165, 1.54) is 0 Å². The van der Waals surface area contributed by atoms with Crippen LogP contribution in [0.2, 0.25) is 0 Å². The molecule has 0 radical (unpaired) electrons. The van der Waals surface area contributed by atoms with Gasteiger partial charge in [0, 0.05) is 10.8 Å². The minimum Gasteiger partial charge on any atom is -0.487 e. The maximum Gasteiger partial charge on any atom is 0.336 e. The lowest BCUT2D eigenvalue weighted by atomic mass is 9.69. The highest BCUT2D eigenvalue weighted by Crippen LogP contribution is 2.42. The van der Waals surface area contributed by atoms with Crippen molar-refractivity contribution in [1.82, 2.24) is 4.98 Å². The molecule has 4 heteroatoms. The van der Waals surface area contributed by atoms with Crippen molar-refractivity contribution in [3.8, 4) is 5.75 Å². The summed E-state index contributed by atoms with van der Waals surface area (Å²) in [5, 5.41) is 11.0. The van der Waals surface area contributed by atoms with E-state index in [9.17, 15) is 9.90 Å². The predicted molar refractivity (Wildman–Crippen MR) is 127 cm³/mol. The first-order valence-electron chi connectivity index (χ1n) is 11.0. The van der Waals surface area contributed by atoms with Gasteiger partial charge in [-0.05, 0) is 54.3 Å². The highest BCUT2D eigenvalue weighted by molar-refractivity contribution is 5.90. The number of rotatable bonds is 8. The second-order valence-electron chi connectivity index (χ2n) is 7.95. The smallest absolute Gasteiger partial charge is 0.336 e. The summed E-state index contributed by atoms with van der Waals surface area (Å²) in [5.41, 5.74) is 3.55. The maximum atomic E-state index is 12.1. The van der Waals surface area contributed by atoms with Gasteiger partial charge in [0.15, 0.2) is 0 Å². The summed E-state index contributed by atoms with van der Waals surface area (Å²) in [5.74, 6) is -0.285. The monoisotopic (exact) mass is 425 g/mol. The van der Waals surface area contributed by atoms with Gasteiger partial charge in [-0.15, -0.1) is 0 Å². The first kappa shape index (κ1) is 21.6. The molecule has 0 aliphatic rings. The number of pyridine rings is 1. The molecule has 0 amide bonds. The Balaban J connectivity index is 1.70. The van der Waals surface area contributed by atoms with Gasteiger partial charge < -0.3 is 9.84 Å². The number of para-hydroxylation sites is 1. The minimum absolute atomic E-state index is 0.313. The number of carboxylic acid groups (broad SMARTS) is 1. The van der Waals surface area contributed by atoms with Crippen LogP contribution in [0.5, 0.6) is 5.75 Å². The Bertz CT molecular complexity index is 1230. The number of hydrogen-bond donors (Lipinski definition) is 1. The molecule has 3 aromatic carbocycles. The summed E-state index contributed by atoms with van der Waals surface area (Å²) in [7, 11) is 0. The molecule has 1 heterocycles. The predicted octanol–water partition coefficient (Wildman–Crippen LogP) is 6.62. The molecule has 0 aliphatic heterocycles. The Labute approximate surface area is 188 Å². The second kappa shape index (κ2) is 9.23. The number of nitrogens with zero attached hydrogens (tertiary/aromatic N) is 1. The van der Waals surface area contributed by atoms with Crippen LogP contribution in [-0.4, -0.2) is 16.1 Å². The first-order valence-corrected chi connectivity index (χ1v) is 11.0. The fraction of sp³-hybridized carbons (Fsp3) is 0.214.